The zero-order chi connectivity index (χ0) is 21.0. The third-order valence-corrected chi connectivity index (χ3v) is 4.44. The molecule has 0 aliphatic heterocycles. The lowest BCUT2D eigenvalue weighted by Gasteiger charge is -2.16. The van der Waals surface area contributed by atoms with E-state index in [4.69, 9.17) is 23.4 Å². The van der Waals surface area contributed by atoms with Gasteiger partial charge in [-0.15, -0.1) is 0 Å². The maximum atomic E-state index is 12.2. The lowest BCUT2D eigenvalue weighted by Crippen LogP contribution is -2.11. The largest absolute Gasteiger partial charge is 0.497 e. The summed E-state index contributed by atoms with van der Waals surface area (Å²) in [5, 5.41) is 3.92. The molecule has 0 aliphatic carbocycles. The lowest BCUT2D eigenvalue weighted by atomic mass is 10.1. The molecule has 2 aromatic carbocycles. The molecule has 0 unspecified atom stereocenters. The molecule has 0 spiro atoms. The van der Waals surface area contributed by atoms with Crippen LogP contribution in [0.15, 0.2) is 45.6 Å². The fourth-order valence-electron chi connectivity index (χ4n) is 2.98. The minimum atomic E-state index is -0.532. The van der Waals surface area contributed by atoms with Crippen LogP contribution < -0.4 is 25.2 Å². The summed E-state index contributed by atoms with van der Waals surface area (Å²) in [6, 6.07) is 9.82. The quantitative estimate of drug-likeness (QED) is 0.478. The molecule has 0 radical (unpaired) electrons. The molecule has 0 atom stereocenters. The predicted molar refractivity (Wildman–Crippen MR) is 107 cm³/mol. The van der Waals surface area contributed by atoms with Gasteiger partial charge < -0.3 is 28.7 Å². The number of esters is 1. The molecule has 0 fully saturated rings. The Morgan fingerprint density at radius 1 is 0.966 bits per heavy atom. The number of carbonyl (C=O) groups is 1. The summed E-state index contributed by atoms with van der Waals surface area (Å²) >= 11 is 0. The van der Waals surface area contributed by atoms with Crippen molar-refractivity contribution < 1.29 is 28.2 Å². The van der Waals surface area contributed by atoms with E-state index in [1.54, 1.807) is 18.2 Å². The van der Waals surface area contributed by atoms with Crippen molar-refractivity contribution >= 4 is 22.6 Å². The summed E-state index contributed by atoms with van der Waals surface area (Å²) < 4.78 is 25.9. The van der Waals surface area contributed by atoms with Crippen LogP contribution >= 0.6 is 0 Å². The minimum absolute atomic E-state index is 0.258. The van der Waals surface area contributed by atoms with Crippen molar-refractivity contribution in [3.8, 4) is 17.2 Å². The normalized spacial score (nSPS) is 10.5. The zero-order valence-electron chi connectivity index (χ0n) is 16.5. The van der Waals surface area contributed by atoms with Gasteiger partial charge in [0.15, 0.2) is 11.5 Å². The van der Waals surface area contributed by atoms with Crippen LogP contribution in [0.5, 0.6) is 17.2 Å². The third-order valence-electron chi connectivity index (χ3n) is 4.44. The Labute approximate surface area is 166 Å². The molecule has 0 bridgehead atoms. The first-order valence-electron chi connectivity index (χ1n) is 8.69. The second-order valence-electron chi connectivity index (χ2n) is 6.05. The van der Waals surface area contributed by atoms with E-state index in [9.17, 15) is 9.59 Å². The highest BCUT2D eigenvalue weighted by Crippen LogP contribution is 2.34. The van der Waals surface area contributed by atoms with Crippen LogP contribution in [-0.4, -0.2) is 34.4 Å². The first-order valence-corrected chi connectivity index (χ1v) is 8.69. The topological polar surface area (TPSA) is 96.2 Å². The van der Waals surface area contributed by atoms with Crippen LogP contribution in [0.2, 0.25) is 0 Å². The number of anilines is 1. The average Bonchev–Trinajstić information content (AvgIpc) is 2.75. The molecular weight excluding hydrogens is 378 g/mol. The first kappa shape index (κ1) is 20.1. The second kappa shape index (κ2) is 8.55. The van der Waals surface area contributed by atoms with E-state index in [1.165, 1.54) is 40.6 Å². The molecule has 29 heavy (non-hydrogen) atoms. The first-order chi connectivity index (χ1) is 14.0. The Kier molecular flexibility index (Phi) is 5.92. The lowest BCUT2D eigenvalue weighted by molar-refractivity contribution is 0.0601. The molecule has 3 rings (SSSR count). The van der Waals surface area contributed by atoms with Gasteiger partial charge in [-0.1, -0.05) is 0 Å². The van der Waals surface area contributed by atoms with Gasteiger partial charge in [0, 0.05) is 36.2 Å². The molecule has 1 N–H and O–H groups in total. The molecule has 8 heteroatoms. The number of hydrogen-bond donors (Lipinski definition) is 1. The van der Waals surface area contributed by atoms with Gasteiger partial charge in [-0.3, -0.25) is 0 Å². The average molecular weight is 399 g/mol. The van der Waals surface area contributed by atoms with Crippen molar-refractivity contribution in [1.82, 2.24) is 0 Å². The summed E-state index contributed by atoms with van der Waals surface area (Å²) in [6.45, 7) is 0.258. The molecule has 0 aliphatic rings. The van der Waals surface area contributed by atoms with E-state index in [-0.39, 0.29) is 12.1 Å². The number of ether oxygens (including phenoxy) is 4. The van der Waals surface area contributed by atoms with Crippen LogP contribution in [0.1, 0.15) is 15.9 Å². The molecule has 8 nitrogen and oxygen atoms in total. The Morgan fingerprint density at radius 2 is 1.69 bits per heavy atom. The van der Waals surface area contributed by atoms with Gasteiger partial charge in [-0.2, -0.15) is 0 Å². The second-order valence-corrected chi connectivity index (χ2v) is 6.05. The summed E-state index contributed by atoms with van der Waals surface area (Å²) in [6.07, 6.45) is 0. The van der Waals surface area contributed by atoms with Crippen LogP contribution in [0, 0.1) is 0 Å². The molecule has 1 aromatic heterocycles. The minimum Gasteiger partial charge on any atom is -0.497 e. The number of fused-ring (bicyclic) bond motifs is 1. The monoisotopic (exact) mass is 399 g/mol. The van der Waals surface area contributed by atoms with E-state index in [2.05, 4.69) is 5.32 Å². The van der Waals surface area contributed by atoms with Crippen LogP contribution in [0.3, 0.4) is 0 Å². The molecule has 152 valence electrons. The van der Waals surface area contributed by atoms with E-state index in [0.29, 0.717) is 34.1 Å². The fraction of sp³-hybridized carbons (Fsp3) is 0.238. The van der Waals surface area contributed by atoms with Crippen molar-refractivity contribution in [2.45, 2.75) is 6.54 Å². The van der Waals surface area contributed by atoms with Crippen molar-refractivity contribution in [2.75, 3.05) is 33.8 Å². The van der Waals surface area contributed by atoms with Crippen molar-refractivity contribution in [2.24, 2.45) is 0 Å². The Balaban J connectivity index is 2.01. The van der Waals surface area contributed by atoms with E-state index >= 15 is 0 Å². The number of rotatable bonds is 7. The number of methoxy groups -OCH3 is 4. The SMILES string of the molecule is COC(=O)c1cc(OC)c(OC)cc1NCc1cc(=O)oc2cc(OC)ccc12. The molecule has 3 aromatic rings. The summed E-state index contributed by atoms with van der Waals surface area (Å²) in [7, 11) is 5.82. The number of nitrogens with one attached hydrogen (secondary N) is 1. The molecular formula is C21H21NO7. The molecule has 1 heterocycles. The van der Waals surface area contributed by atoms with Gasteiger partial charge >= 0.3 is 11.6 Å². The molecule has 0 saturated carbocycles. The Bertz CT molecular complexity index is 1100. The standard InChI is InChI=1S/C21H21NO7/c1-25-13-5-6-14-12(7-20(23)29-17(14)8-13)11-22-16-10-19(27-3)18(26-2)9-15(16)21(24)28-4/h5-10,22H,11H2,1-4H3. The zero-order valence-corrected chi connectivity index (χ0v) is 16.5. The number of hydrogen-bond acceptors (Lipinski definition) is 8. The van der Waals surface area contributed by atoms with Crippen molar-refractivity contribution in [3.05, 3.63) is 57.9 Å². The molecule has 0 amide bonds. The Morgan fingerprint density at radius 3 is 2.34 bits per heavy atom. The van der Waals surface area contributed by atoms with E-state index < -0.39 is 11.6 Å². The molecule has 0 saturated heterocycles. The highest BCUT2D eigenvalue weighted by atomic mass is 16.5. The summed E-state index contributed by atoms with van der Waals surface area (Å²) in [5.74, 6) is 0.899. The highest BCUT2D eigenvalue weighted by Gasteiger charge is 2.18. The van der Waals surface area contributed by atoms with Gasteiger partial charge in [0.2, 0.25) is 0 Å². The van der Waals surface area contributed by atoms with Gasteiger partial charge in [-0.25, -0.2) is 9.59 Å². The van der Waals surface area contributed by atoms with Crippen LogP contribution in [-0.2, 0) is 11.3 Å². The van der Waals surface area contributed by atoms with Gasteiger partial charge in [0.1, 0.15) is 11.3 Å². The number of carbonyl (C=O) groups excluding carboxylic acids is 1. The van der Waals surface area contributed by atoms with Crippen LogP contribution in [0.4, 0.5) is 5.69 Å². The Hall–Kier alpha value is -3.68. The van der Waals surface area contributed by atoms with E-state index in [0.717, 1.165) is 5.39 Å². The fourth-order valence-corrected chi connectivity index (χ4v) is 2.98. The maximum absolute atomic E-state index is 12.2. The summed E-state index contributed by atoms with van der Waals surface area (Å²) in [4.78, 5) is 24.2. The van der Waals surface area contributed by atoms with Crippen LogP contribution in [0.25, 0.3) is 11.0 Å². The maximum Gasteiger partial charge on any atom is 0.340 e. The van der Waals surface area contributed by atoms with E-state index in [1.807, 2.05) is 6.07 Å². The van der Waals surface area contributed by atoms with Gasteiger partial charge in [-0.05, 0) is 17.7 Å². The van der Waals surface area contributed by atoms with Crippen molar-refractivity contribution in [1.29, 1.82) is 0 Å². The predicted octanol–water partition coefficient (Wildman–Crippen LogP) is 3.22. The van der Waals surface area contributed by atoms with Gasteiger partial charge in [0.25, 0.3) is 0 Å². The highest BCUT2D eigenvalue weighted by molar-refractivity contribution is 5.97. The third kappa shape index (κ3) is 4.11. The van der Waals surface area contributed by atoms with Gasteiger partial charge in [0.05, 0.1) is 39.7 Å². The smallest absolute Gasteiger partial charge is 0.340 e. The summed E-state index contributed by atoms with van der Waals surface area (Å²) in [5.41, 5.74) is 1.38. The number of benzene rings is 2. The van der Waals surface area contributed by atoms with Crippen molar-refractivity contribution in [3.63, 3.8) is 0 Å².